The molecule has 0 aromatic heterocycles. The van der Waals surface area contributed by atoms with Crippen LogP contribution in [0.25, 0.3) is 0 Å². The molecule has 0 radical (unpaired) electrons. The summed E-state index contributed by atoms with van der Waals surface area (Å²) < 4.78 is 5.30. The second-order valence-electron chi connectivity index (χ2n) is 7.60. The number of nitrogens with one attached hydrogen (secondary N) is 1. The number of aliphatic hydroxyl groups is 1. The summed E-state index contributed by atoms with van der Waals surface area (Å²) in [4.78, 5) is 38.0. The lowest BCUT2D eigenvalue weighted by Gasteiger charge is -2.28. The molecule has 2 N–H and O–H groups in total. The second kappa shape index (κ2) is 6.20. The molecule has 1 heterocycles. The largest absolute Gasteiger partial charge is 0.444 e. The van der Waals surface area contributed by atoms with Crippen LogP contribution < -0.4 is 5.32 Å². The van der Waals surface area contributed by atoms with Gasteiger partial charge in [-0.15, -0.1) is 6.58 Å². The highest BCUT2D eigenvalue weighted by molar-refractivity contribution is 5.97. The van der Waals surface area contributed by atoms with Crippen LogP contribution in [0.5, 0.6) is 0 Å². The number of β-amino-alcohol motifs (C(OH)–C–C–N with tert-alkyl or cyclic N) is 1. The molecule has 4 unspecified atom stereocenters. The lowest BCUT2D eigenvalue weighted by molar-refractivity contribution is -0.130. The first-order valence-electron chi connectivity index (χ1n) is 8.13. The number of ketones is 1. The van der Waals surface area contributed by atoms with E-state index < -0.39 is 35.3 Å². The number of rotatable bonds is 4. The van der Waals surface area contributed by atoms with Gasteiger partial charge in [0, 0.05) is 12.3 Å². The van der Waals surface area contributed by atoms with Crippen LogP contribution in [-0.4, -0.2) is 57.6 Å². The Morgan fingerprint density at radius 2 is 2.00 bits per heavy atom. The summed E-state index contributed by atoms with van der Waals surface area (Å²) in [5, 5.41) is 12.6. The van der Waals surface area contributed by atoms with Gasteiger partial charge < -0.3 is 15.2 Å². The Balaban J connectivity index is 2.11. The van der Waals surface area contributed by atoms with Gasteiger partial charge in [-0.25, -0.2) is 4.79 Å². The first-order valence-corrected chi connectivity index (χ1v) is 8.13. The van der Waals surface area contributed by atoms with Crippen LogP contribution in [0.1, 0.15) is 40.5 Å². The standard InChI is InChI=1S/C17H26N2O5/c1-6-11-8-17(11,10(2)20)18-14(22)13-7-12(21)9-19(13)15(23)24-16(3,4)5/h6,11-13,21H,1,7-9H2,2-5H3,(H,18,22). The van der Waals surface area contributed by atoms with Crippen molar-refractivity contribution in [1.29, 1.82) is 0 Å². The third-order valence-electron chi connectivity index (χ3n) is 4.48. The first-order chi connectivity index (χ1) is 11.0. The van der Waals surface area contributed by atoms with Crippen molar-refractivity contribution < 1.29 is 24.2 Å². The molecule has 2 fully saturated rings. The van der Waals surface area contributed by atoms with E-state index in [9.17, 15) is 19.5 Å². The van der Waals surface area contributed by atoms with E-state index in [2.05, 4.69) is 11.9 Å². The SMILES string of the molecule is C=CC1CC1(NC(=O)C1CC(O)CN1C(=O)OC(C)(C)C)C(C)=O. The first kappa shape index (κ1) is 18.4. The third kappa shape index (κ3) is 3.61. The van der Waals surface area contributed by atoms with Gasteiger partial charge in [0.25, 0.3) is 0 Å². The molecule has 0 bridgehead atoms. The summed E-state index contributed by atoms with van der Waals surface area (Å²) in [6.45, 7) is 10.3. The van der Waals surface area contributed by atoms with Crippen LogP contribution in [-0.2, 0) is 14.3 Å². The molecule has 0 aromatic rings. The van der Waals surface area contributed by atoms with Crippen LogP contribution in [0.2, 0.25) is 0 Å². The van der Waals surface area contributed by atoms with Crippen molar-refractivity contribution in [2.75, 3.05) is 6.54 Å². The zero-order valence-electron chi connectivity index (χ0n) is 14.7. The van der Waals surface area contributed by atoms with Gasteiger partial charge in [-0.05, 0) is 34.1 Å². The molecule has 1 saturated heterocycles. The zero-order chi connectivity index (χ0) is 18.3. The average molecular weight is 338 g/mol. The fourth-order valence-corrected chi connectivity index (χ4v) is 3.10. The number of hydrogen-bond donors (Lipinski definition) is 2. The van der Waals surface area contributed by atoms with Crippen molar-refractivity contribution in [3.05, 3.63) is 12.7 Å². The Hall–Kier alpha value is -1.89. The van der Waals surface area contributed by atoms with Gasteiger partial charge in [-0.1, -0.05) is 6.08 Å². The van der Waals surface area contributed by atoms with Crippen LogP contribution in [0.3, 0.4) is 0 Å². The third-order valence-corrected chi connectivity index (χ3v) is 4.48. The van der Waals surface area contributed by atoms with Crippen molar-refractivity contribution in [2.45, 2.75) is 63.8 Å². The van der Waals surface area contributed by atoms with Crippen LogP contribution >= 0.6 is 0 Å². The Bertz CT molecular complexity index is 568. The van der Waals surface area contributed by atoms with E-state index in [0.29, 0.717) is 6.42 Å². The van der Waals surface area contributed by atoms with Gasteiger partial charge in [-0.3, -0.25) is 14.5 Å². The summed E-state index contributed by atoms with van der Waals surface area (Å²) in [5.74, 6) is -0.680. The summed E-state index contributed by atoms with van der Waals surface area (Å²) in [6, 6.07) is -0.850. The van der Waals surface area contributed by atoms with E-state index in [0.717, 1.165) is 0 Å². The van der Waals surface area contributed by atoms with Crippen molar-refractivity contribution in [3.63, 3.8) is 0 Å². The quantitative estimate of drug-likeness (QED) is 0.746. The fraction of sp³-hybridized carbons (Fsp3) is 0.706. The average Bonchev–Trinajstić information content (AvgIpc) is 3.01. The molecule has 1 aliphatic heterocycles. The Kier molecular flexibility index (Phi) is 4.77. The zero-order valence-corrected chi connectivity index (χ0v) is 14.7. The highest BCUT2D eigenvalue weighted by Gasteiger charge is 2.58. The Morgan fingerprint density at radius 1 is 1.38 bits per heavy atom. The Labute approximate surface area is 142 Å². The second-order valence-corrected chi connectivity index (χ2v) is 7.60. The van der Waals surface area contributed by atoms with Crippen molar-refractivity contribution in [3.8, 4) is 0 Å². The smallest absolute Gasteiger partial charge is 0.411 e. The lowest BCUT2D eigenvalue weighted by Crippen LogP contribution is -2.53. The summed E-state index contributed by atoms with van der Waals surface area (Å²) in [7, 11) is 0. The number of carbonyl (C=O) groups excluding carboxylic acids is 3. The van der Waals surface area contributed by atoms with Crippen LogP contribution in [0, 0.1) is 5.92 Å². The maximum Gasteiger partial charge on any atom is 0.411 e. The molecule has 7 heteroatoms. The van der Waals surface area contributed by atoms with Gasteiger partial charge in [0.05, 0.1) is 12.6 Å². The lowest BCUT2D eigenvalue weighted by atomic mass is 10.1. The van der Waals surface area contributed by atoms with Crippen molar-refractivity contribution >= 4 is 17.8 Å². The molecule has 1 aliphatic carbocycles. The number of Topliss-reactive ketones (excluding diaryl/α,β-unsaturated/α-hetero) is 1. The van der Waals surface area contributed by atoms with Crippen LogP contribution in [0.4, 0.5) is 4.79 Å². The molecule has 0 spiro atoms. The highest BCUT2D eigenvalue weighted by Crippen LogP contribution is 2.45. The molecule has 1 saturated carbocycles. The minimum atomic E-state index is -0.925. The van der Waals surface area contributed by atoms with Crippen molar-refractivity contribution in [1.82, 2.24) is 10.2 Å². The summed E-state index contributed by atoms with van der Waals surface area (Å²) in [5.41, 5.74) is -1.62. The van der Waals surface area contributed by atoms with E-state index in [1.807, 2.05) is 0 Å². The predicted octanol–water partition coefficient (Wildman–Crippen LogP) is 1.01. The minimum absolute atomic E-state index is 0.0327. The molecule has 2 amide bonds. The maximum absolute atomic E-state index is 12.6. The number of hydrogen-bond acceptors (Lipinski definition) is 5. The van der Waals surface area contributed by atoms with Gasteiger partial charge in [0.1, 0.15) is 17.2 Å². The molecule has 24 heavy (non-hydrogen) atoms. The topological polar surface area (TPSA) is 95.9 Å². The number of aliphatic hydroxyl groups excluding tert-OH is 1. The molecule has 2 rings (SSSR count). The Morgan fingerprint density at radius 3 is 2.46 bits per heavy atom. The van der Waals surface area contributed by atoms with E-state index in [1.165, 1.54) is 11.8 Å². The molecular formula is C17H26N2O5. The highest BCUT2D eigenvalue weighted by atomic mass is 16.6. The van der Waals surface area contributed by atoms with Crippen molar-refractivity contribution in [2.24, 2.45) is 5.92 Å². The molecule has 134 valence electrons. The van der Waals surface area contributed by atoms with E-state index >= 15 is 0 Å². The molecule has 2 aliphatic rings. The number of nitrogens with zero attached hydrogens (tertiary/aromatic N) is 1. The van der Waals surface area contributed by atoms with Gasteiger partial charge in [-0.2, -0.15) is 0 Å². The molecule has 7 nitrogen and oxygen atoms in total. The normalized spacial score (nSPS) is 32.2. The molecule has 0 aromatic carbocycles. The van der Waals surface area contributed by atoms with E-state index in [1.54, 1.807) is 26.8 Å². The van der Waals surface area contributed by atoms with Gasteiger partial charge in [0.2, 0.25) is 5.91 Å². The number of amides is 2. The van der Waals surface area contributed by atoms with Gasteiger partial charge >= 0.3 is 6.09 Å². The maximum atomic E-state index is 12.6. The number of ether oxygens (including phenoxy) is 1. The molecule has 4 atom stereocenters. The minimum Gasteiger partial charge on any atom is -0.444 e. The monoisotopic (exact) mass is 338 g/mol. The van der Waals surface area contributed by atoms with Crippen LogP contribution in [0.15, 0.2) is 12.7 Å². The number of likely N-dealkylation sites (tertiary alicyclic amines) is 1. The van der Waals surface area contributed by atoms with E-state index in [-0.39, 0.29) is 24.7 Å². The summed E-state index contributed by atoms with van der Waals surface area (Å²) >= 11 is 0. The van der Waals surface area contributed by atoms with Gasteiger partial charge in [0.15, 0.2) is 5.78 Å². The predicted molar refractivity (Wildman–Crippen MR) is 87.2 cm³/mol. The van der Waals surface area contributed by atoms with E-state index in [4.69, 9.17) is 4.74 Å². The number of carbonyl (C=O) groups is 3. The molecular weight excluding hydrogens is 312 g/mol. The fourth-order valence-electron chi connectivity index (χ4n) is 3.10. The summed E-state index contributed by atoms with van der Waals surface area (Å²) in [6.07, 6.45) is 0.844.